The number of nitrogens with zero attached hydrogens (tertiary/aromatic N) is 6. The van der Waals surface area contributed by atoms with E-state index < -0.39 is 0 Å². The Kier molecular flexibility index (Phi) is 3.32. The second-order valence-electron chi connectivity index (χ2n) is 7.94. The van der Waals surface area contributed by atoms with Gasteiger partial charge in [0.15, 0.2) is 5.82 Å². The number of aromatic nitrogens is 5. The maximum Gasteiger partial charge on any atom is 0.164 e. The molecule has 0 radical (unpaired) electrons. The predicted octanol–water partition coefficient (Wildman–Crippen LogP) is 1.86. The van der Waals surface area contributed by atoms with Crippen molar-refractivity contribution in [3.05, 3.63) is 47.9 Å². The Labute approximate surface area is 163 Å². The number of nitrogens with two attached hydrogens (primary N) is 1. The van der Waals surface area contributed by atoms with Gasteiger partial charge in [0.1, 0.15) is 12.1 Å². The van der Waals surface area contributed by atoms with Crippen LogP contribution in [0.25, 0.3) is 22.5 Å². The second-order valence-corrected chi connectivity index (χ2v) is 7.94. The van der Waals surface area contributed by atoms with E-state index in [4.69, 9.17) is 15.7 Å². The monoisotopic (exact) mass is 371 g/mol. The van der Waals surface area contributed by atoms with Gasteiger partial charge in [-0.2, -0.15) is 0 Å². The van der Waals surface area contributed by atoms with Crippen molar-refractivity contribution in [1.29, 1.82) is 0 Å². The number of rotatable bonds is 3. The molecule has 6 rings (SSSR count). The van der Waals surface area contributed by atoms with Crippen LogP contribution < -0.4 is 10.6 Å². The van der Waals surface area contributed by atoms with Crippen LogP contribution in [0.1, 0.15) is 23.9 Å². The molecule has 2 N–H and O–H groups in total. The number of anilines is 1. The molecule has 2 atom stereocenters. The van der Waals surface area contributed by atoms with Crippen LogP contribution in [0.2, 0.25) is 0 Å². The first-order valence-corrected chi connectivity index (χ1v) is 9.88. The quantitative estimate of drug-likeness (QED) is 0.587. The SMILES string of the molecule is CCc1nccc2c1Cc1nc(-c3cncnc3)nc(N3CC4C(N)C4C3)c1-2. The first-order chi connectivity index (χ1) is 13.7. The van der Waals surface area contributed by atoms with Crippen molar-refractivity contribution in [2.75, 3.05) is 18.0 Å². The average molecular weight is 371 g/mol. The topological polar surface area (TPSA) is 93.7 Å². The summed E-state index contributed by atoms with van der Waals surface area (Å²) in [6, 6.07) is 2.47. The smallest absolute Gasteiger partial charge is 0.164 e. The number of hydrogen-bond acceptors (Lipinski definition) is 7. The summed E-state index contributed by atoms with van der Waals surface area (Å²) in [7, 11) is 0. The zero-order valence-corrected chi connectivity index (χ0v) is 15.7. The lowest BCUT2D eigenvalue weighted by Crippen LogP contribution is -2.29. The van der Waals surface area contributed by atoms with Crippen LogP contribution in [-0.2, 0) is 12.8 Å². The average Bonchev–Trinajstić information content (AvgIpc) is 3.10. The molecule has 2 aliphatic carbocycles. The molecule has 2 fully saturated rings. The lowest BCUT2D eigenvalue weighted by atomic mass is 10.1. The summed E-state index contributed by atoms with van der Waals surface area (Å²) in [5, 5.41) is 0. The Bertz CT molecular complexity index is 1070. The molecule has 2 unspecified atom stereocenters. The van der Waals surface area contributed by atoms with Crippen LogP contribution in [0.4, 0.5) is 5.82 Å². The Morgan fingerprint density at radius 2 is 1.93 bits per heavy atom. The van der Waals surface area contributed by atoms with E-state index in [0.717, 1.165) is 48.7 Å². The highest BCUT2D eigenvalue weighted by molar-refractivity contribution is 5.86. The van der Waals surface area contributed by atoms with Crippen LogP contribution in [0, 0.1) is 11.8 Å². The second kappa shape index (κ2) is 5.78. The van der Waals surface area contributed by atoms with Crippen LogP contribution in [0.3, 0.4) is 0 Å². The van der Waals surface area contributed by atoms with Gasteiger partial charge in [0, 0.05) is 55.4 Å². The maximum absolute atomic E-state index is 6.18. The van der Waals surface area contributed by atoms with Gasteiger partial charge in [-0.1, -0.05) is 6.92 Å². The van der Waals surface area contributed by atoms with Gasteiger partial charge in [-0.05, 0) is 35.4 Å². The lowest BCUT2D eigenvalue weighted by molar-refractivity contribution is 0.735. The molecule has 0 aromatic carbocycles. The molecule has 28 heavy (non-hydrogen) atoms. The molecule has 3 aliphatic rings. The van der Waals surface area contributed by atoms with Gasteiger partial charge in [-0.25, -0.2) is 19.9 Å². The molecule has 140 valence electrons. The van der Waals surface area contributed by atoms with Crippen LogP contribution in [-0.4, -0.2) is 44.1 Å². The molecular weight excluding hydrogens is 350 g/mol. The van der Waals surface area contributed by atoms with Gasteiger partial charge >= 0.3 is 0 Å². The summed E-state index contributed by atoms with van der Waals surface area (Å²) < 4.78 is 0. The standard InChI is InChI=1S/C21H21N7/c1-2-16-13-5-17-18(12(13)3-4-25-16)21(28-8-14-15(9-28)19(14)22)27-20(26-17)11-6-23-10-24-7-11/h3-4,6-7,10,14-15,19H,2,5,8-9,22H2,1H3. The molecule has 7 heteroatoms. The number of hydrogen-bond donors (Lipinski definition) is 1. The van der Waals surface area contributed by atoms with E-state index in [-0.39, 0.29) is 0 Å². The van der Waals surface area contributed by atoms with Gasteiger partial charge in [-0.15, -0.1) is 0 Å². The first-order valence-electron chi connectivity index (χ1n) is 9.88. The number of piperidine rings is 1. The summed E-state index contributed by atoms with van der Waals surface area (Å²) in [4.78, 5) is 25.2. The molecule has 0 spiro atoms. The van der Waals surface area contributed by atoms with E-state index in [1.54, 1.807) is 12.4 Å². The minimum absolute atomic E-state index is 0.358. The predicted molar refractivity (Wildman–Crippen MR) is 106 cm³/mol. The van der Waals surface area contributed by atoms with Crippen LogP contribution in [0.5, 0.6) is 0 Å². The van der Waals surface area contributed by atoms with Crippen molar-refractivity contribution >= 4 is 5.82 Å². The molecule has 7 nitrogen and oxygen atoms in total. The summed E-state index contributed by atoms with van der Waals surface area (Å²) in [5.41, 5.74) is 12.9. The van der Waals surface area contributed by atoms with Crippen molar-refractivity contribution in [2.24, 2.45) is 17.6 Å². The molecule has 1 aliphatic heterocycles. The Balaban J connectivity index is 1.53. The van der Waals surface area contributed by atoms with Gasteiger partial charge in [0.25, 0.3) is 0 Å². The van der Waals surface area contributed by atoms with Crippen molar-refractivity contribution < 1.29 is 0 Å². The molecule has 4 heterocycles. The number of fused-ring (bicyclic) bond motifs is 4. The highest BCUT2D eigenvalue weighted by Gasteiger charge is 2.54. The fourth-order valence-electron chi connectivity index (χ4n) is 4.85. The highest BCUT2D eigenvalue weighted by Crippen LogP contribution is 2.49. The molecule has 3 aromatic heterocycles. The van der Waals surface area contributed by atoms with Crippen molar-refractivity contribution in [2.45, 2.75) is 25.8 Å². The summed E-state index contributed by atoms with van der Waals surface area (Å²) >= 11 is 0. The van der Waals surface area contributed by atoms with E-state index in [9.17, 15) is 0 Å². The van der Waals surface area contributed by atoms with Gasteiger partial charge in [0.2, 0.25) is 0 Å². The maximum atomic E-state index is 6.18. The third-order valence-corrected chi connectivity index (χ3v) is 6.44. The summed E-state index contributed by atoms with van der Waals surface area (Å²) in [5.74, 6) is 2.91. The van der Waals surface area contributed by atoms with Gasteiger partial charge in [-0.3, -0.25) is 4.98 Å². The number of aryl methyl sites for hydroxylation is 1. The minimum atomic E-state index is 0.358. The summed E-state index contributed by atoms with van der Waals surface area (Å²) in [6.45, 7) is 4.10. The van der Waals surface area contributed by atoms with E-state index in [1.807, 2.05) is 6.20 Å². The first kappa shape index (κ1) is 16.1. The molecule has 0 bridgehead atoms. The van der Waals surface area contributed by atoms with Crippen LogP contribution >= 0.6 is 0 Å². The van der Waals surface area contributed by atoms with E-state index in [0.29, 0.717) is 23.7 Å². The fourth-order valence-corrected chi connectivity index (χ4v) is 4.85. The molecular formula is C21H21N7. The zero-order chi connectivity index (χ0) is 18.8. The highest BCUT2D eigenvalue weighted by atomic mass is 15.3. The van der Waals surface area contributed by atoms with Crippen LogP contribution in [0.15, 0.2) is 31.0 Å². The van der Waals surface area contributed by atoms with Gasteiger partial charge in [0.05, 0.1) is 11.3 Å². The largest absolute Gasteiger partial charge is 0.355 e. The molecule has 3 aromatic rings. The van der Waals surface area contributed by atoms with E-state index in [2.05, 4.69) is 32.8 Å². The Morgan fingerprint density at radius 1 is 1.14 bits per heavy atom. The molecule has 1 saturated heterocycles. The Hall–Kier alpha value is -2.93. The van der Waals surface area contributed by atoms with E-state index >= 15 is 0 Å². The van der Waals surface area contributed by atoms with Crippen molar-refractivity contribution in [3.63, 3.8) is 0 Å². The normalized spacial score (nSPS) is 24.1. The minimum Gasteiger partial charge on any atom is -0.355 e. The summed E-state index contributed by atoms with van der Waals surface area (Å²) in [6.07, 6.45) is 8.71. The third kappa shape index (κ3) is 2.22. The van der Waals surface area contributed by atoms with Crippen molar-refractivity contribution in [1.82, 2.24) is 24.9 Å². The number of pyridine rings is 1. The molecule has 1 saturated carbocycles. The lowest BCUT2D eigenvalue weighted by Gasteiger charge is -2.23. The third-order valence-electron chi connectivity index (χ3n) is 6.44. The fraction of sp³-hybridized carbons (Fsp3) is 0.381. The Morgan fingerprint density at radius 3 is 2.68 bits per heavy atom. The van der Waals surface area contributed by atoms with E-state index in [1.165, 1.54) is 23.0 Å². The van der Waals surface area contributed by atoms with Crippen molar-refractivity contribution in [3.8, 4) is 22.5 Å². The zero-order valence-electron chi connectivity index (χ0n) is 15.7. The molecule has 0 amide bonds. The van der Waals surface area contributed by atoms with Gasteiger partial charge < -0.3 is 10.6 Å².